The largest absolute Gasteiger partial charge is 0.372 e. The molecular weight excluding hydrogens is 296 g/mol. The van der Waals surface area contributed by atoms with E-state index in [2.05, 4.69) is 79.5 Å². The van der Waals surface area contributed by atoms with Crippen molar-refractivity contribution in [1.82, 2.24) is 5.32 Å². The first-order chi connectivity index (χ1) is 11.6. The number of nitrogens with zero attached hydrogens (tertiary/aromatic N) is 1. The summed E-state index contributed by atoms with van der Waals surface area (Å²) in [5.41, 5.74) is 4.82. The molecule has 0 spiro atoms. The summed E-state index contributed by atoms with van der Waals surface area (Å²) in [6.07, 6.45) is 1.31. The van der Waals surface area contributed by atoms with Crippen molar-refractivity contribution in [1.29, 1.82) is 0 Å². The molecule has 2 rings (SSSR count). The summed E-state index contributed by atoms with van der Waals surface area (Å²) in [5, 5.41) is 3.00. The lowest BCUT2D eigenvalue weighted by atomic mass is 10.1. The Morgan fingerprint density at radius 1 is 0.917 bits per heavy atom. The van der Waals surface area contributed by atoms with Crippen LogP contribution in [-0.4, -0.2) is 19.0 Å². The van der Waals surface area contributed by atoms with Crippen LogP contribution in [0.5, 0.6) is 0 Å². The fourth-order valence-electron chi connectivity index (χ4n) is 2.72. The molecule has 0 aliphatic heterocycles. The van der Waals surface area contributed by atoms with Gasteiger partial charge in [0.25, 0.3) is 0 Å². The summed E-state index contributed by atoms with van der Waals surface area (Å²) in [6.45, 7) is 8.99. The average molecular weight is 324 g/mol. The fraction of sp³-hybridized carbons (Fsp3) is 0.381. The van der Waals surface area contributed by atoms with Gasteiger partial charge in [0.2, 0.25) is 5.91 Å². The van der Waals surface area contributed by atoms with Crippen molar-refractivity contribution in [3.63, 3.8) is 0 Å². The highest BCUT2D eigenvalue weighted by molar-refractivity contribution is 5.76. The number of aryl methyl sites for hydroxylation is 2. The van der Waals surface area contributed by atoms with Gasteiger partial charge in [-0.15, -0.1) is 0 Å². The molecule has 24 heavy (non-hydrogen) atoms. The van der Waals surface area contributed by atoms with E-state index in [0.717, 1.165) is 25.1 Å². The molecule has 0 heterocycles. The molecule has 0 saturated carbocycles. The van der Waals surface area contributed by atoms with Gasteiger partial charge >= 0.3 is 0 Å². The lowest BCUT2D eigenvalue weighted by molar-refractivity contribution is -0.121. The number of hydrogen-bond acceptors (Lipinski definition) is 2. The Bertz CT molecular complexity index is 628. The van der Waals surface area contributed by atoms with Crippen molar-refractivity contribution in [2.45, 2.75) is 40.2 Å². The zero-order valence-electron chi connectivity index (χ0n) is 15.0. The highest BCUT2D eigenvalue weighted by Gasteiger charge is 2.04. The first-order valence-corrected chi connectivity index (χ1v) is 8.78. The minimum absolute atomic E-state index is 0.100. The zero-order chi connectivity index (χ0) is 17.4. The first kappa shape index (κ1) is 18.1. The number of hydrogen-bond donors (Lipinski definition) is 1. The second-order valence-electron chi connectivity index (χ2n) is 6.10. The normalized spacial score (nSPS) is 10.5. The molecule has 0 bridgehead atoms. The third-order valence-electron chi connectivity index (χ3n) is 4.32. The molecule has 2 aromatic rings. The van der Waals surface area contributed by atoms with E-state index in [1.807, 2.05) is 0 Å². The number of amides is 1. The Morgan fingerprint density at radius 3 is 2.08 bits per heavy atom. The molecule has 0 radical (unpaired) electrons. The van der Waals surface area contributed by atoms with E-state index in [-0.39, 0.29) is 5.91 Å². The van der Waals surface area contributed by atoms with E-state index in [4.69, 9.17) is 0 Å². The fourth-order valence-corrected chi connectivity index (χ4v) is 2.72. The van der Waals surface area contributed by atoms with E-state index in [1.54, 1.807) is 0 Å². The summed E-state index contributed by atoms with van der Waals surface area (Å²) >= 11 is 0. The van der Waals surface area contributed by atoms with Gasteiger partial charge in [0.05, 0.1) is 0 Å². The van der Waals surface area contributed by atoms with Crippen molar-refractivity contribution in [3.05, 3.63) is 65.2 Å². The van der Waals surface area contributed by atoms with Gasteiger partial charge in [-0.05, 0) is 50.5 Å². The molecule has 0 aliphatic rings. The van der Waals surface area contributed by atoms with Gasteiger partial charge in [-0.1, -0.05) is 42.0 Å². The van der Waals surface area contributed by atoms with Gasteiger partial charge in [-0.25, -0.2) is 0 Å². The standard InChI is InChI=1S/C21H28N2O/c1-4-23(5-2)20-13-10-19(11-14-20)16-22-21(24)15-12-18-8-6-17(3)7-9-18/h6-11,13-14H,4-5,12,15-16H2,1-3H3,(H,22,24). The van der Waals surface area contributed by atoms with E-state index in [0.29, 0.717) is 13.0 Å². The number of carbonyl (C=O) groups excluding carboxylic acids is 1. The van der Waals surface area contributed by atoms with Crippen molar-refractivity contribution < 1.29 is 4.79 Å². The predicted molar refractivity (Wildman–Crippen MR) is 101 cm³/mol. The average Bonchev–Trinajstić information content (AvgIpc) is 2.61. The van der Waals surface area contributed by atoms with Crippen molar-refractivity contribution in [3.8, 4) is 0 Å². The molecule has 3 heteroatoms. The van der Waals surface area contributed by atoms with Crippen LogP contribution in [0.4, 0.5) is 5.69 Å². The topological polar surface area (TPSA) is 32.3 Å². The van der Waals surface area contributed by atoms with Gasteiger partial charge in [-0.2, -0.15) is 0 Å². The van der Waals surface area contributed by atoms with Crippen LogP contribution in [-0.2, 0) is 17.8 Å². The second kappa shape index (κ2) is 9.11. The molecule has 1 N–H and O–H groups in total. The minimum Gasteiger partial charge on any atom is -0.372 e. The Hall–Kier alpha value is -2.29. The van der Waals surface area contributed by atoms with E-state index >= 15 is 0 Å². The molecule has 0 fully saturated rings. The Kier molecular flexibility index (Phi) is 6.86. The van der Waals surface area contributed by atoms with E-state index in [1.165, 1.54) is 16.8 Å². The van der Waals surface area contributed by atoms with Gasteiger partial charge in [0, 0.05) is 31.7 Å². The molecule has 2 aromatic carbocycles. The molecule has 0 atom stereocenters. The quantitative estimate of drug-likeness (QED) is 0.793. The molecule has 0 saturated heterocycles. The number of nitrogens with one attached hydrogen (secondary N) is 1. The molecule has 0 aromatic heterocycles. The molecule has 3 nitrogen and oxygen atoms in total. The second-order valence-corrected chi connectivity index (χ2v) is 6.10. The van der Waals surface area contributed by atoms with Gasteiger partial charge in [-0.3, -0.25) is 4.79 Å². The van der Waals surface area contributed by atoms with E-state index < -0.39 is 0 Å². The molecule has 1 amide bonds. The van der Waals surface area contributed by atoms with Crippen molar-refractivity contribution in [2.24, 2.45) is 0 Å². The van der Waals surface area contributed by atoms with Crippen LogP contribution in [0.25, 0.3) is 0 Å². The van der Waals surface area contributed by atoms with Crippen LogP contribution < -0.4 is 10.2 Å². The third-order valence-corrected chi connectivity index (χ3v) is 4.32. The van der Waals surface area contributed by atoms with Crippen molar-refractivity contribution in [2.75, 3.05) is 18.0 Å². The predicted octanol–water partition coefficient (Wildman–Crippen LogP) is 4.09. The SMILES string of the molecule is CCN(CC)c1ccc(CNC(=O)CCc2ccc(C)cc2)cc1. The summed E-state index contributed by atoms with van der Waals surface area (Å²) in [7, 11) is 0. The van der Waals surface area contributed by atoms with Crippen LogP contribution in [0, 0.1) is 6.92 Å². The lowest BCUT2D eigenvalue weighted by Crippen LogP contribution is -2.23. The Morgan fingerprint density at radius 2 is 1.50 bits per heavy atom. The maximum Gasteiger partial charge on any atom is 0.220 e. The first-order valence-electron chi connectivity index (χ1n) is 8.78. The Balaban J connectivity index is 1.78. The summed E-state index contributed by atoms with van der Waals surface area (Å²) in [4.78, 5) is 14.3. The summed E-state index contributed by atoms with van der Waals surface area (Å²) in [6, 6.07) is 16.8. The number of carbonyl (C=O) groups is 1. The van der Waals surface area contributed by atoms with E-state index in [9.17, 15) is 4.79 Å². The Labute approximate surface area is 145 Å². The van der Waals surface area contributed by atoms with Crippen LogP contribution in [0.15, 0.2) is 48.5 Å². The maximum absolute atomic E-state index is 12.0. The minimum atomic E-state index is 0.100. The monoisotopic (exact) mass is 324 g/mol. The number of rotatable bonds is 8. The van der Waals surface area contributed by atoms with Crippen LogP contribution in [0.2, 0.25) is 0 Å². The van der Waals surface area contributed by atoms with Gasteiger partial charge in [0.15, 0.2) is 0 Å². The van der Waals surface area contributed by atoms with Crippen molar-refractivity contribution >= 4 is 11.6 Å². The van der Waals surface area contributed by atoms with Gasteiger partial charge < -0.3 is 10.2 Å². The lowest BCUT2D eigenvalue weighted by Gasteiger charge is -2.21. The molecule has 0 unspecified atom stereocenters. The summed E-state index contributed by atoms with van der Waals surface area (Å²) in [5.74, 6) is 0.100. The highest BCUT2D eigenvalue weighted by atomic mass is 16.1. The van der Waals surface area contributed by atoms with Crippen LogP contribution >= 0.6 is 0 Å². The smallest absolute Gasteiger partial charge is 0.220 e. The summed E-state index contributed by atoms with van der Waals surface area (Å²) < 4.78 is 0. The van der Waals surface area contributed by atoms with Crippen LogP contribution in [0.1, 0.15) is 37.0 Å². The van der Waals surface area contributed by atoms with Crippen LogP contribution in [0.3, 0.4) is 0 Å². The molecule has 128 valence electrons. The zero-order valence-corrected chi connectivity index (χ0v) is 15.0. The third kappa shape index (κ3) is 5.41. The number of anilines is 1. The molecular formula is C21H28N2O. The maximum atomic E-state index is 12.0. The van der Waals surface area contributed by atoms with Gasteiger partial charge in [0.1, 0.15) is 0 Å². The highest BCUT2D eigenvalue weighted by Crippen LogP contribution is 2.14. The number of benzene rings is 2. The molecule has 0 aliphatic carbocycles.